The molecular formula is C10H17FO2. The molecule has 0 aromatic rings. The van der Waals surface area contributed by atoms with Crippen LogP contribution in [-0.4, -0.2) is 25.9 Å². The first-order valence-electron chi connectivity index (χ1n) is 4.57. The highest BCUT2D eigenvalue weighted by molar-refractivity contribution is 5.05. The fraction of sp³-hybridized carbons (Fsp3) is 0.800. The first kappa shape index (κ1) is 10.7. The molecule has 1 unspecified atom stereocenters. The summed E-state index contributed by atoms with van der Waals surface area (Å²) in [6.45, 7) is 7.14. The van der Waals surface area contributed by atoms with E-state index in [1.807, 2.05) is 20.8 Å². The second-order valence-electron chi connectivity index (χ2n) is 4.25. The van der Waals surface area contributed by atoms with Gasteiger partial charge in [0.25, 0.3) is 0 Å². The lowest BCUT2D eigenvalue weighted by Crippen LogP contribution is -2.27. The van der Waals surface area contributed by atoms with Crippen LogP contribution >= 0.6 is 0 Å². The molecule has 0 amide bonds. The number of hydrogen-bond acceptors (Lipinski definition) is 2. The standard InChI is InChI=1S/C10H17FO2/c1-10(2,3)9(11)6-8-7-12-4-5-13-8/h6,8H,4-5,7H2,1-3H3/b9-6-. The summed E-state index contributed by atoms with van der Waals surface area (Å²) >= 11 is 0. The molecule has 0 aliphatic carbocycles. The molecule has 0 aromatic heterocycles. The van der Waals surface area contributed by atoms with E-state index in [0.717, 1.165) is 0 Å². The fourth-order valence-corrected chi connectivity index (χ4v) is 1.02. The van der Waals surface area contributed by atoms with E-state index in [9.17, 15) is 4.39 Å². The zero-order valence-corrected chi connectivity index (χ0v) is 8.47. The second kappa shape index (κ2) is 4.20. The molecule has 13 heavy (non-hydrogen) atoms. The van der Waals surface area contributed by atoms with E-state index in [0.29, 0.717) is 19.8 Å². The SMILES string of the molecule is CC(C)(C)/C(F)=C/C1COCCO1. The van der Waals surface area contributed by atoms with Crippen LogP contribution in [0.2, 0.25) is 0 Å². The summed E-state index contributed by atoms with van der Waals surface area (Å²) in [4.78, 5) is 0. The molecule has 2 nitrogen and oxygen atoms in total. The van der Waals surface area contributed by atoms with Crippen molar-refractivity contribution in [2.45, 2.75) is 26.9 Å². The van der Waals surface area contributed by atoms with Gasteiger partial charge in [-0.2, -0.15) is 0 Å². The molecule has 1 aliphatic heterocycles. The molecule has 3 heteroatoms. The zero-order chi connectivity index (χ0) is 9.90. The average molecular weight is 188 g/mol. The van der Waals surface area contributed by atoms with E-state index in [2.05, 4.69) is 0 Å². The van der Waals surface area contributed by atoms with Gasteiger partial charge >= 0.3 is 0 Å². The maximum Gasteiger partial charge on any atom is 0.104 e. The highest BCUT2D eigenvalue weighted by Crippen LogP contribution is 2.26. The van der Waals surface area contributed by atoms with Crippen molar-refractivity contribution < 1.29 is 13.9 Å². The van der Waals surface area contributed by atoms with Crippen LogP contribution in [0, 0.1) is 5.41 Å². The van der Waals surface area contributed by atoms with Gasteiger partial charge in [-0.15, -0.1) is 0 Å². The van der Waals surface area contributed by atoms with Crippen LogP contribution in [0.25, 0.3) is 0 Å². The largest absolute Gasteiger partial charge is 0.376 e. The van der Waals surface area contributed by atoms with Crippen LogP contribution in [0.3, 0.4) is 0 Å². The lowest BCUT2D eigenvalue weighted by molar-refractivity contribution is -0.0685. The summed E-state index contributed by atoms with van der Waals surface area (Å²) in [6, 6.07) is 0. The molecular weight excluding hydrogens is 171 g/mol. The first-order valence-corrected chi connectivity index (χ1v) is 4.57. The van der Waals surface area contributed by atoms with Crippen molar-refractivity contribution in [3.8, 4) is 0 Å². The lowest BCUT2D eigenvalue weighted by Gasteiger charge is -2.22. The number of hydrogen-bond donors (Lipinski definition) is 0. The van der Waals surface area contributed by atoms with Crippen LogP contribution in [0.1, 0.15) is 20.8 Å². The van der Waals surface area contributed by atoms with Crippen molar-refractivity contribution in [3.05, 3.63) is 11.9 Å². The van der Waals surface area contributed by atoms with Crippen molar-refractivity contribution >= 4 is 0 Å². The molecule has 0 radical (unpaired) electrons. The first-order chi connectivity index (χ1) is 6.00. The van der Waals surface area contributed by atoms with Crippen molar-refractivity contribution in [2.75, 3.05) is 19.8 Å². The van der Waals surface area contributed by atoms with Crippen LogP contribution < -0.4 is 0 Å². The van der Waals surface area contributed by atoms with Gasteiger partial charge in [0.15, 0.2) is 0 Å². The molecule has 76 valence electrons. The predicted octanol–water partition coefficient (Wildman–Crippen LogP) is 2.30. The Morgan fingerprint density at radius 3 is 2.54 bits per heavy atom. The van der Waals surface area contributed by atoms with Gasteiger partial charge in [0.1, 0.15) is 11.9 Å². The summed E-state index contributed by atoms with van der Waals surface area (Å²) in [7, 11) is 0. The van der Waals surface area contributed by atoms with Gasteiger partial charge in [0.05, 0.1) is 19.8 Å². The second-order valence-corrected chi connectivity index (χ2v) is 4.25. The minimum atomic E-state index is -0.430. The highest BCUT2D eigenvalue weighted by Gasteiger charge is 2.20. The van der Waals surface area contributed by atoms with E-state index < -0.39 is 5.41 Å². The summed E-state index contributed by atoms with van der Waals surface area (Å²) in [5.41, 5.74) is -0.430. The fourth-order valence-electron chi connectivity index (χ4n) is 1.02. The minimum absolute atomic E-state index is 0.136. The summed E-state index contributed by atoms with van der Waals surface area (Å²) in [6.07, 6.45) is 1.30. The molecule has 1 atom stereocenters. The van der Waals surface area contributed by atoms with Gasteiger partial charge in [-0.1, -0.05) is 20.8 Å². The maximum absolute atomic E-state index is 13.4. The highest BCUT2D eigenvalue weighted by atomic mass is 19.1. The van der Waals surface area contributed by atoms with E-state index in [-0.39, 0.29) is 11.9 Å². The monoisotopic (exact) mass is 188 g/mol. The third kappa shape index (κ3) is 3.44. The molecule has 0 bridgehead atoms. The molecule has 1 heterocycles. The quantitative estimate of drug-likeness (QED) is 0.628. The number of rotatable bonds is 1. The van der Waals surface area contributed by atoms with E-state index >= 15 is 0 Å². The maximum atomic E-state index is 13.4. The molecule has 0 aromatic carbocycles. The Labute approximate surface area is 78.7 Å². The van der Waals surface area contributed by atoms with Crippen LogP contribution in [0.4, 0.5) is 4.39 Å². The Morgan fingerprint density at radius 2 is 2.08 bits per heavy atom. The summed E-state index contributed by atoms with van der Waals surface area (Å²) < 4.78 is 23.9. The van der Waals surface area contributed by atoms with Gasteiger partial charge < -0.3 is 9.47 Å². The van der Waals surface area contributed by atoms with Crippen molar-refractivity contribution in [3.63, 3.8) is 0 Å². The molecule has 0 saturated carbocycles. The van der Waals surface area contributed by atoms with Crippen molar-refractivity contribution in [1.29, 1.82) is 0 Å². The summed E-state index contributed by atoms with van der Waals surface area (Å²) in [5.74, 6) is -0.136. The topological polar surface area (TPSA) is 18.5 Å². The van der Waals surface area contributed by atoms with Crippen molar-refractivity contribution in [1.82, 2.24) is 0 Å². The number of halogens is 1. The third-order valence-electron chi connectivity index (χ3n) is 1.89. The number of allylic oxidation sites excluding steroid dienone is 1. The molecule has 1 rings (SSSR count). The van der Waals surface area contributed by atoms with E-state index in [4.69, 9.17) is 9.47 Å². The van der Waals surface area contributed by atoms with E-state index in [1.54, 1.807) is 0 Å². The van der Waals surface area contributed by atoms with Crippen LogP contribution in [-0.2, 0) is 9.47 Å². The van der Waals surface area contributed by atoms with Gasteiger partial charge in [-0.3, -0.25) is 0 Å². The van der Waals surface area contributed by atoms with E-state index in [1.165, 1.54) is 6.08 Å². The average Bonchev–Trinajstić information content (AvgIpc) is 2.04. The van der Waals surface area contributed by atoms with Crippen molar-refractivity contribution in [2.24, 2.45) is 5.41 Å². The normalized spacial score (nSPS) is 26.2. The summed E-state index contributed by atoms with van der Waals surface area (Å²) in [5, 5.41) is 0. The Hall–Kier alpha value is -0.410. The van der Waals surface area contributed by atoms with Crippen LogP contribution in [0.5, 0.6) is 0 Å². The number of ether oxygens (including phenoxy) is 2. The molecule has 1 fully saturated rings. The zero-order valence-electron chi connectivity index (χ0n) is 8.47. The minimum Gasteiger partial charge on any atom is -0.376 e. The smallest absolute Gasteiger partial charge is 0.104 e. The Morgan fingerprint density at radius 1 is 1.38 bits per heavy atom. The molecule has 0 N–H and O–H groups in total. The van der Waals surface area contributed by atoms with Gasteiger partial charge in [0, 0.05) is 5.41 Å². The van der Waals surface area contributed by atoms with Gasteiger partial charge in [0.2, 0.25) is 0 Å². The molecule has 1 saturated heterocycles. The third-order valence-corrected chi connectivity index (χ3v) is 1.89. The lowest BCUT2D eigenvalue weighted by atomic mass is 9.94. The predicted molar refractivity (Wildman–Crippen MR) is 49.2 cm³/mol. The van der Waals surface area contributed by atoms with Gasteiger partial charge in [-0.05, 0) is 6.08 Å². The Bertz CT molecular complexity index is 188. The molecule has 1 aliphatic rings. The Kier molecular flexibility index (Phi) is 3.45. The van der Waals surface area contributed by atoms with Crippen LogP contribution in [0.15, 0.2) is 11.9 Å². The molecule has 0 spiro atoms. The Balaban J connectivity index is 2.53. The van der Waals surface area contributed by atoms with Gasteiger partial charge in [-0.25, -0.2) is 4.39 Å².